The van der Waals surface area contributed by atoms with Crippen LogP contribution in [0.3, 0.4) is 0 Å². The lowest BCUT2D eigenvalue weighted by molar-refractivity contribution is -0.145. The van der Waals surface area contributed by atoms with Gasteiger partial charge >= 0.3 is 6.18 Å². The minimum absolute atomic E-state index is 0.495. The molecule has 1 aliphatic carbocycles. The summed E-state index contributed by atoms with van der Waals surface area (Å²) in [6, 6.07) is 3.62. The Hall–Kier alpha value is -1.52. The standard InChI is InChI=1S/C14H15F3N2/c1-8(2)11-6-12(11)9-3-4-19-10(5-9)7-18-13(19)14(15,16)17/h3-5,7-8,11-12H,6H2,1-2H3/t11-,12-/m1/s1. The van der Waals surface area contributed by atoms with Gasteiger partial charge in [0.05, 0.1) is 11.7 Å². The molecule has 3 rings (SSSR count). The monoisotopic (exact) mass is 268 g/mol. The Morgan fingerprint density at radius 3 is 2.68 bits per heavy atom. The van der Waals surface area contributed by atoms with Crippen molar-refractivity contribution in [2.24, 2.45) is 11.8 Å². The number of imidazole rings is 1. The van der Waals surface area contributed by atoms with Crippen LogP contribution in [0.15, 0.2) is 24.5 Å². The molecule has 1 aliphatic rings. The van der Waals surface area contributed by atoms with Crippen LogP contribution in [0.5, 0.6) is 0 Å². The van der Waals surface area contributed by atoms with Gasteiger partial charge in [-0.25, -0.2) is 4.98 Å². The van der Waals surface area contributed by atoms with Gasteiger partial charge in [0.25, 0.3) is 0 Å². The molecule has 2 nitrogen and oxygen atoms in total. The van der Waals surface area contributed by atoms with E-state index in [1.807, 2.05) is 6.07 Å². The maximum atomic E-state index is 12.7. The van der Waals surface area contributed by atoms with E-state index in [0.717, 1.165) is 16.4 Å². The zero-order chi connectivity index (χ0) is 13.8. The van der Waals surface area contributed by atoms with Crippen LogP contribution in [0.1, 0.15) is 37.6 Å². The first-order valence-corrected chi connectivity index (χ1v) is 6.42. The number of rotatable bonds is 2. The van der Waals surface area contributed by atoms with Crippen molar-refractivity contribution >= 4 is 5.52 Å². The summed E-state index contributed by atoms with van der Waals surface area (Å²) in [5.74, 6) is 0.920. The lowest BCUT2D eigenvalue weighted by Gasteiger charge is -2.07. The number of nitrogens with zero attached hydrogens (tertiary/aromatic N) is 2. The Morgan fingerprint density at radius 1 is 1.37 bits per heavy atom. The second kappa shape index (κ2) is 3.99. The number of hydrogen-bond donors (Lipinski definition) is 0. The zero-order valence-corrected chi connectivity index (χ0v) is 10.8. The molecule has 2 heterocycles. The summed E-state index contributed by atoms with van der Waals surface area (Å²) in [6.45, 7) is 4.37. The molecule has 0 aliphatic heterocycles. The predicted molar refractivity (Wildman–Crippen MR) is 65.9 cm³/mol. The zero-order valence-electron chi connectivity index (χ0n) is 10.8. The summed E-state index contributed by atoms with van der Waals surface area (Å²) in [4.78, 5) is 3.48. The summed E-state index contributed by atoms with van der Waals surface area (Å²) in [7, 11) is 0. The number of halogens is 3. The fraction of sp³-hybridized carbons (Fsp3) is 0.500. The van der Waals surface area contributed by atoms with Crippen LogP contribution in [0.2, 0.25) is 0 Å². The van der Waals surface area contributed by atoms with Crippen LogP contribution in [0.4, 0.5) is 13.2 Å². The molecule has 0 spiro atoms. The molecule has 5 heteroatoms. The first kappa shape index (κ1) is 12.5. The maximum Gasteiger partial charge on any atom is 0.450 e. The van der Waals surface area contributed by atoms with Crippen molar-refractivity contribution in [2.75, 3.05) is 0 Å². The Labute approximate surface area is 109 Å². The lowest BCUT2D eigenvalue weighted by Crippen LogP contribution is -2.10. The van der Waals surface area contributed by atoms with E-state index in [2.05, 4.69) is 18.8 Å². The van der Waals surface area contributed by atoms with E-state index in [-0.39, 0.29) is 0 Å². The summed E-state index contributed by atoms with van der Waals surface area (Å²) in [5.41, 5.74) is 1.64. The molecule has 0 radical (unpaired) electrons. The fourth-order valence-corrected chi connectivity index (χ4v) is 2.79. The highest BCUT2D eigenvalue weighted by Gasteiger charge is 2.41. The third-order valence-corrected chi connectivity index (χ3v) is 3.93. The Kier molecular flexibility index (Phi) is 2.62. The number of fused-ring (bicyclic) bond motifs is 1. The number of aromatic nitrogens is 2. The Morgan fingerprint density at radius 2 is 2.11 bits per heavy atom. The highest BCUT2D eigenvalue weighted by molar-refractivity contribution is 5.50. The largest absolute Gasteiger partial charge is 0.450 e. The van der Waals surface area contributed by atoms with Crippen molar-refractivity contribution in [1.29, 1.82) is 0 Å². The van der Waals surface area contributed by atoms with E-state index < -0.39 is 12.0 Å². The Balaban J connectivity index is 1.96. The average Bonchev–Trinajstić information content (AvgIpc) is 3.00. The lowest BCUT2D eigenvalue weighted by atomic mass is 10.0. The van der Waals surface area contributed by atoms with Crippen LogP contribution in [-0.2, 0) is 6.18 Å². The molecule has 0 amide bonds. The molecule has 2 aromatic heterocycles. The van der Waals surface area contributed by atoms with Gasteiger partial charge in [0, 0.05) is 6.20 Å². The van der Waals surface area contributed by atoms with Gasteiger partial charge in [-0.15, -0.1) is 0 Å². The number of pyridine rings is 1. The molecular weight excluding hydrogens is 253 g/mol. The third-order valence-electron chi connectivity index (χ3n) is 3.93. The quantitative estimate of drug-likeness (QED) is 0.801. The molecule has 0 N–H and O–H groups in total. The van der Waals surface area contributed by atoms with Crippen LogP contribution in [-0.4, -0.2) is 9.38 Å². The average molecular weight is 268 g/mol. The van der Waals surface area contributed by atoms with E-state index in [9.17, 15) is 13.2 Å². The van der Waals surface area contributed by atoms with Crippen molar-refractivity contribution in [2.45, 2.75) is 32.4 Å². The van der Waals surface area contributed by atoms with Gasteiger partial charge in [-0.1, -0.05) is 13.8 Å². The normalized spacial score (nSPS) is 23.3. The molecule has 2 atom stereocenters. The molecule has 1 saturated carbocycles. The molecule has 19 heavy (non-hydrogen) atoms. The second-order valence-electron chi connectivity index (χ2n) is 5.58. The van der Waals surface area contributed by atoms with E-state index in [1.54, 1.807) is 6.07 Å². The third kappa shape index (κ3) is 2.11. The van der Waals surface area contributed by atoms with E-state index in [4.69, 9.17) is 0 Å². The Bertz CT molecular complexity index is 613. The van der Waals surface area contributed by atoms with Crippen molar-refractivity contribution < 1.29 is 13.2 Å². The molecule has 2 aromatic rings. The van der Waals surface area contributed by atoms with Crippen molar-refractivity contribution in [3.63, 3.8) is 0 Å². The molecule has 1 fully saturated rings. The van der Waals surface area contributed by atoms with Crippen molar-refractivity contribution in [1.82, 2.24) is 9.38 Å². The summed E-state index contributed by atoms with van der Waals surface area (Å²) in [5, 5.41) is 0. The molecule has 0 aromatic carbocycles. The molecular formula is C14H15F3N2. The van der Waals surface area contributed by atoms with E-state index >= 15 is 0 Å². The van der Waals surface area contributed by atoms with Crippen LogP contribution >= 0.6 is 0 Å². The minimum atomic E-state index is -4.41. The number of hydrogen-bond acceptors (Lipinski definition) is 1. The maximum absolute atomic E-state index is 12.7. The topological polar surface area (TPSA) is 17.3 Å². The van der Waals surface area contributed by atoms with Crippen LogP contribution in [0, 0.1) is 11.8 Å². The van der Waals surface area contributed by atoms with Crippen LogP contribution in [0.25, 0.3) is 5.52 Å². The highest BCUT2D eigenvalue weighted by atomic mass is 19.4. The van der Waals surface area contributed by atoms with Gasteiger partial charge in [0.2, 0.25) is 5.82 Å². The van der Waals surface area contributed by atoms with Gasteiger partial charge in [0.1, 0.15) is 0 Å². The van der Waals surface area contributed by atoms with Crippen molar-refractivity contribution in [3.8, 4) is 0 Å². The molecule has 0 bridgehead atoms. The first-order chi connectivity index (χ1) is 8.88. The highest BCUT2D eigenvalue weighted by Crippen LogP contribution is 2.51. The fourth-order valence-electron chi connectivity index (χ4n) is 2.79. The van der Waals surface area contributed by atoms with Crippen molar-refractivity contribution in [3.05, 3.63) is 35.9 Å². The SMILES string of the molecule is CC(C)[C@H]1C[C@@H]1c1ccn2c(C(F)(F)F)ncc2c1. The van der Waals surface area contributed by atoms with E-state index in [0.29, 0.717) is 23.3 Å². The summed E-state index contributed by atoms with van der Waals surface area (Å²) < 4.78 is 39.2. The van der Waals surface area contributed by atoms with E-state index in [1.165, 1.54) is 12.4 Å². The van der Waals surface area contributed by atoms with Gasteiger partial charge in [-0.05, 0) is 41.9 Å². The summed E-state index contributed by atoms with van der Waals surface area (Å²) >= 11 is 0. The van der Waals surface area contributed by atoms with Gasteiger partial charge in [-0.3, -0.25) is 4.40 Å². The summed E-state index contributed by atoms with van der Waals surface area (Å²) in [6.07, 6.45) is -0.503. The minimum Gasteiger partial charge on any atom is -0.296 e. The predicted octanol–water partition coefficient (Wildman–Crippen LogP) is 4.11. The number of alkyl halides is 3. The molecule has 0 saturated heterocycles. The van der Waals surface area contributed by atoms with Gasteiger partial charge in [0.15, 0.2) is 0 Å². The molecule has 0 unspecified atom stereocenters. The first-order valence-electron chi connectivity index (χ1n) is 6.42. The smallest absolute Gasteiger partial charge is 0.296 e. The second-order valence-corrected chi connectivity index (χ2v) is 5.58. The van der Waals surface area contributed by atoms with Gasteiger partial charge in [-0.2, -0.15) is 13.2 Å². The van der Waals surface area contributed by atoms with Crippen LogP contribution < -0.4 is 0 Å². The molecule has 102 valence electrons. The van der Waals surface area contributed by atoms with Gasteiger partial charge < -0.3 is 0 Å².